The van der Waals surface area contributed by atoms with Crippen LogP contribution in [0.3, 0.4) is 0 Å². The number of amides is 2. The third-order valence-electron chi connectivity index (χ3n) is 3.37. The van der Waals surface area contributed by atoms with Gasteiger partial charge in [0.2, 0.25) is 11.8 Å². The largest absolute Gasteiger partial charge is 0.343 e. The van der Waals surface area contributed by atoms with Gasteiger partial charge in [0.1, 0.15) is 0 Å². The predicted octanol–water partition coefficient (Wildman–Crippen LogP) is 3.56. The Balaban J connectivity index is 1.52. The van der Waals surface area contributed by atoms with E-state index in [0.717, 1.165) is 15.3 Å². The Bertz CT molecular complexity index is 934. The maximum atomic E-state index is 11.8. The highest BCUT2D eigenvalue weighted by Crippen LogP contribution is 2.33. The number of thiophene rings is 1. The molecule has 3 aromatic rings. The SMILES string of the molecule is O=C(C=Cc1ccc(-c2ccccc2Cl)s1)NCC(=O)Nc1cn[nH]c1. The molecule has 0 atom stereocenters. The molecule has 1 aromatic carbocycles. The van der Waals surface area contributed by atoms with Crippen molar-refractivity contribution in [2.24, 2.45) is 0 Å². The number of benzene rings is 1. The molecule has 0 aliphatic carbocycles. The van der Waals surface area contributed by atoms with Gasteiger partial charge in [-0.2, -0.15) is 5.10 Å². The summed E-state index contributed by atoms with van der Waals surface area (Å²) in [5, 5.41) is 12.1. The second kappa shape index (κ2) is 8.46. The molecule has 0 unspecified atom stereocenters. The van der Waals surface area contributed by atoms with Crippen LogP contribution in [0.15, 0.2) is 54.9 Å². The number of hydrogen-bond acceptors (Lipinski definition) is 4. The van der Waals surface area contributed by atoms with Crippen molar-refractivity contribution < 1.29 is 9.59 Å². The van der Waals surface area contributed by atoms with Gasteiger partial charge in [0.25, 0.3) is 0 Å². The van der Waals surface area contributed by atoms with Gasteiger partial charge in [-0.15, -0.1) is 11.3 Å². The third kappa shape index (κ3) is 4.81. The molecular formula is C18H15ClN4O2S. The first-order chi connectivity index (χ1) is 12.6. The Morgan fingerprint density at radius 2 is 2.08 bits per heavy atom. The van der Waals surface area contributed by atoms with Crippen LogP contribution < -0.4 is 10.6 Å². The van der Waals surface area contributed by atoms with Crippen LogP contribution in [0, 0.1) is 0 Å². The summed E-state index contributed by atoms with van der Waals surface area (Å²) in [7, 11) is 0. The molecule has 0 saturated carbocycles. The van der Waals surface area contributed by atoms with Crippen molar-refractivity contribution in [3.05, 3.63) is 64.8 Å². The summed E-state index contributed by atoms with van der Waals surface area (Å²) < 4.78 is 0. The second-order valence-electron chi connectivity index (χ2n) is 5.27. The highest BCUT2D eigenvalue weighted by atomic mass is 35.5. The summed E-state index contributed by atoms with van der Waals surface area (Å²) in [5.41, 5.74) is 1.50. The van der Waals surface area contributed by atoms with Gasteiger partial charge in [0.05, 0.1) is 18.4 Å². The van der Waals surface area contributed by atoms with Gasteiger partial charge in [-0.1, -0.05) is 29.8 Å². The number of halogens is 1. The molecule has 2 aromatic heterocycles. The molecular weight excluding hydrogens is 372 g/mol. The highest BCUT2D eigenvalue weighted by Gasteiger charge is 2.06. The Hall–Kier alpha value is -2.90. The highest BCUT2D eigenvalue weighted by molar-refractivity contribution is 7.16. The number of rotatable bonds is 6. The average Bonchev–Trinajstić information content (AvgIpc) is 3.30. The minimum absolute atomic E-state index is 0.121. The summed E-state index contributed by atoms with van der Waals surface area (Å²) in [5.74, 6) is -0.676. The van der Waals surface area contributed by atoms with E-state index in [1.807, 2.05) is 36.4 Å². The fourth-order valence-electron chi connectivity index (χ4n) is 2.16. The van der Waals surface area contributed by atoms with E-state index in [9.17, 15) is 9.59 Å². The van der Waals surface area contributed by atoms with E-state index in [0.29, 0.717) is 10.7 Å². The van der Waals surface area contributed by atoms with E-state index in [1.54, 1.807) is 12.3 Å². The van der Waals surface area contributed by atoms with Crippen LogP contribution in [0.2, 0.25) is 5.02 Å². The topological polar surface area (TPSA) is 86.9 Å². The third-order valence-corrected chi connectivity index (χ3v) is 4.78. The number of H-pyrrole nitrogens is 1. The number of carbonyl (C=O) groups excluding carboxylic acids is 2. The van der Waals surface area contributed by atoms with Crippen LogP contribution in [-0.4, -0.2) is 28.6 Å². The van der Waals surface area contributed by atoms with Crippen LogP contribution >= 0.6 is 22.9 Å². The van der Waals surface area contributed by atoms with Crippen molar-refractivity contribution in [1.82, 2.24) is 15.5 Å². The van der Waals surface area contributed by atoms with E-state index in [2.05, 4.69) is 20.8 Å². The summed E-state index contributed by atoms with van der Waals surface area (Å²) in [4.78, 5) is 25.5. The zero-order chi connectivity index (χ0) is 18.4. The number of aromatic nitrogens is 2. The Morgan fingerprint density at radius 3 is 2.85 bits per heavy atom. The smallest absolute Gasteiger partial charge is 0.244 e. The number of hydrogen-bond donors (Lipinski definition) is 3. The second-order valence-corrected chi connectivity index (χ2v) is 6.79. The molecule has 0 aliphatic heterocycles. The number of nitrogens with one attached hydrogen (secondary N) is 3. The van der Waals surface area contributed by atoms with Gasteiger partial charge in [-0.3, -0.25) is 14.7 Å². The molecule has 0 saturated heterocycles. The van der Waals surface area contributed by atoms with Crippen molar-refractivity contribution in [3.8, 4) is 10.4 Å². The Labute approximate surface area is 158 Å². The molecule has 8 heteroatoms. The Kier molecular flexibility index (Phi) is 5.83. The lowest BCUT2D eigenvalue weighted by atomic mass is 10.2. The van der Waals surface area contributed by atoms with Gasteiger partial charge >= 0.3 is 0 Å². The standard InChI is InChI=1S/C18H15ClN4O2S/c19-15-4-2-1-3-14(15)16-7-5-13(26-16)6-8-17(24)20-11-18(25)23-12-9-21-22-10-12/h1-10H,11H2,(H,20,24)(H,21,22)(H,23,25). The lowest BCUT2D eigenvalue weighted by molar-refractivity contribution is -0.121. The van der Waals surface area contributed by atoms with E-state index >= 15 is 0 Å². The first-order valence-electron chi connectivity index (χ1n) is 7.71. The molecule has 132 valence electrons. The van der Waals surface area contributed by atoms with Crippen molar-refractivity contribution >= 4 is 46.5 Å². The minimum atomic E-state index is -0.347. The fourth-order valence-corrected chi connectivity index (χ4v) is 3.40. The molecule has 0 radical (unpaired) electrons. The summed E-state index contributed by atoms with van der Waals surface area (Å²) >= 11 is 7.73. The van der Waals surface area contributed by atoms with Crippen molar-refractivity contribution in [3.63, 3.8) is 0 Å². The van der Waals surface area contributed by atoms with E-state index in [1.165, 1.54) is 23.6 Å². The summed E-state index contributed by atoms with van der Waals surface area (Å²) in [6.07, 6.45) is 6.13. The average molecular weight is 387 g/mol. The molecule has 26 heavy (non-hydrogen) atoms. The number of aromatic amines is 1. The molecule has 2 heterocycles. The molecule has 2 amide bonds. The van der Waals surface area contributed by atoms with Crippen LogP contribution in [0.4, 0.5) is 5.69 Å². The van der Waals surface area contributed by atoms with E-state index in [-0.39, 0.29) is 18.4 Å². The zero-order valence-electron chi connectivity index (χ0n) is 13.5. The first kappa shape index (κ1) is 17.9. The molecule has 3 N–H and O–H groups in total. The number of anilines is 1. The summed E-state index contributed by atoms with van der Waals surface area (Å²) in [6, 6.07) is 11.5. The molecule has 0 fully saturated rings. The maximum absolute atomic E-state index is 11.8. The maximum Gasteiger partial charge on any atom is 0.244 e. The van der Waals surface area contributed by atoms with Gasteiger partial charge in [-0.25, -0.2) is 0 Å². The zero-order valence-corrected chi connectivity index (χ0v) is 15.1. The van der Waals surface area contributed by atoms with Crippen molar-refractivity contribution in [2.75, 3.05) is 11.9 Å². The van der Waals surface area contributed by atoms with Crippen LogP contribution in [-0.2, 0) is 9.59 Å². The number of nitrogens with zero attached hydrogens (tertiary/aromatic N) is 1. The number of carbonyl (C=O) groups is 2. The predicted molar refractivity (Wildman–Crippen MR) is 104 cm³/mol. The van der Waals surface area contributed by atoms with Gasteiger partial charge in [0, 0.05) is 32.6 Å². The molecule has 0 aliphatic rings. The van der Waals surface area contributed by atoms with Crippen LogP contribution in [0.5, 0.6) is 0 Å². The molecule has 0 spiro atoms. The molecule has 3 rings (SSSR count). The van der Waals surface area contributed by atoms with Gasteiger partial charge < -0.3 is 10.6 Å². The van der Waals surface area contributed by atoms with Crippen molar-refractivity contribution in [2.45, 2.75) is 0 Å². The lowest BCUT2D eigenvalue weighted by Crippen LogP contribution is -2.31. The quantitative estimate of drug-likeness (QED) is 0.566. The molecule has 0 bridgehead atoms. The lowest BCUT2D eigenvalue weighted by Gasteiger charge is -2.02. The van der Waals surface area contributed by atoms with Crippen LogP contribution in [0.1, 0.15) is 4.88 Å². The minimum Gasteiger partial charge on any atom is -0.343 e. The van der Waals surface area contributed by atoms with E-state index in [4.69, 9.17) is 11.6 Å². The summed E-state index contributed by atoms with van der Waals surface area (Å²) in [6.45, 7) is -0.121. The van der Waals surface area contributed by atoms with Crippen LogP contribution in [0.25, 0.3) is 16.5 Å². The fraction of sp³-hybridized carbons (Fsp3) is 0.0556. The molecule has 6 nitrogen and oxygen atoms in total. The normalized spacial score (nSPS) is 10.8. The van der Waals surface area contributed by atoms with Gasteiger partial charge in [0.15, 0.2) is 0 Å². The van der Waals surface area contributed by atoms with Gasteiger partial charge in [-0.05, 0) is 24.3 Å². The van der Waals surface area contributed by atoms with Crippen molar-refractivity contribution in [1.29, 1.82) is 0 Å². The Morgan fingerprint density at radius 1 is 1.23 bits per heavy atom. The van der Waals surface area contributed by atoms with E-state index < -0.39 is 0 Å². The monoisotopic (exact) mass is 386 g/mol. The first-order valence-corrected chi connectivity index (χ1v) is 8.90.